The zero-order chi connectivity index (χ0) is 13.4. The Kier molecular flexibility index (Phi) is 7.68. The molecule has 2 nitrogen and oxygen atoms in total. The molecule has 1 aromatic rings. The van der Waals surface area contributed by atoms with E-state index in [4.69, 9.17) is 27.9 Å². The SMILES string of the molecule is CCOCCCC(Cc1ccc(Cl)c(Cl)c1)NC. The van der Waals surface area contributed by atoms with Gasteiger partial charge >= 0.3 is 0 Å². The Hall–Kier alpha value is -0.280. The fourth-order valence-electron chi connectivity index (χ4n) is 1.88. The summed E-state index contributed by atoms with van der Waals surface area (Å²) >= 11 is 11.9. The van der Waals surface area contributed by atoms with Crippen LogP contribution in [0.5, 0.6) is 0 Å². The minimum Gasteiger partial charge on any atom is -0.382 e. The van der Waals surface area contributed by atoms with Crippen molar-refractivity contribution in [3.05, 3.63) is 33.8 Å². The third-order valence-corrected chi connectivity index (χ3v) is 3.66. The summed E-state index contributed by atoms with van der Waals surface area (Å²) in [5.41, 5.74) is 1.21. The standard InChI is InChI=1S/C14H21Cl2NO/c1-3-18-8-4-5-12(17-2)9-11-6-7-13(15)14(16)10-11/h6-7,10,12,17H,3-5,8-9H2,1-2H3. The van der Waals surface area contributed by atoms with Crippen LogP contribution in [0.15, 0.2) is 18.2 Å². The van der Waals surface area contributed by atoms with Crippen molar-refractivity contribution in [1.82, 2.24) is 5.32 Å². The molecule has 0 aliphatic carbocycles. The van der Waals surface area contributed by atoms with E-state index in [9.17, 15) is 0 Å². The molecule has 0 amide bonds. The summed E-state index contributed by atoms with van der Waals surface area (Å²) in [5, 5.41) is 4.56. The van der Waals surface area contributed by atoms with Gasteiger partial charge in [-0.1, -0.05) is 29.3 Å². The molecule has 1 N–H and O–H groups in total. The summed E-state index contributed by atoms with van der Waals surface area (Å²) in [6, 6.07) is 6.27. The van der Waals surface area contributed by atoms with Crippen LogP contribution in [0.4, 0.5) is 0 Å². The van der Waals surface area contributed by atoms with Crippen molar-refractivity contribution < 1.29 is 4.74 Å². The first-order chi connectivity index (χ1) is 8.67. The molecule has 102 valence electrons. The molecule has 0 aliphatic heterocycles. The van der Waals surface area contributed by atoms with Crippen LogP contribution in [0.1, 0.15) is 25.3 Å². The molecule has 0 spiro atoms. The number of hydrogen-bond acceptors (Lipinski definition) is 2. The Morgan fingerprint density at radius 1 is 1.28 bits per heavy atom. The van der Waals surface area contributed by atoms with Crippen LogP contribution < -0.4 is 5.32 Å². The molecular formula is C14H21Cl2NO. The summed E-state index contributed by atoms with van der Waals surface area (Å²) in [4.78, 5) is 0. The Balaban J connectivity index is 2.44. The first kappa shape index (κ1) is 15.8. The van der Waals surface area contributed by atoms with Gasteiger partial charge in [-0.15, -0.1) is 0 Å². The number of nitrogens with one attached hydrogen (secondary N) is 1. The smallest absolute Gasteiger partial charge is 0.0595 e. The summed E-state index contributed by atoms with van der Waals surface area (Å²) in [6.45, 7) is 3.64. The lowest BCUT2D eigenvalue weighted by Gasteiger charge is -2.16. The number of ether oxygens (including phenoxy) is 1. The highest BCUT2D eigenvalue weighted by Gasteiger charge is 2.08. The van der Waals surface area contributed by atoms with Gasteiger partial charge in [0.05, 0.1) is 10.0 Å². The molecule has 1 rings (SSSR count). The molecule has 0 saturated carbocycles. The van der Waals surface area contributed by atoms with Crippen LogP contribution in [0.2, 0.25) is 10.0 Å². The largest absolute Gasteiger partial charge is 0.382 e. The first-order valence-corrected chi connectivity index (χ1v) is 7.12. The number of rotatable bonds is 8. The monoisotopic (exact) mass is 289 g/mol. The van der Waals surface area contributed by atoms with Crippen molar-refractivity contribution in [2.24, 2.45) is 0 Å². The van der Waals surface area contributed by atoms with Crippen LogP contribution in [0.25, 0.3) is 0 Å². The lowest BCUT2D eigenvalue weighted by atomic mass is 10.0. The Morgan fingerprint density at radius 2 is 2.06 bits per heavy atom. The van der Waals surface area contributed by atoms with Crippen molar-refractivity contribution in [3.63, 3.8) is 0 Å². The molecule has 0 saturated heterocycles. The lowest BCUT2D eigenvalue weighted by Crippen LogP contribution is -2.27. The topological polar surface area (TPSA) is 21.3 Å². The fourth-order valence-corrected chi connectivity index (χ4v) is 2.20. The van der Waals surface area contributed by atoms with Gasteiger partial charge in [-0.3, -0.25) is 0 Å². The maximum Gasteiger partial charge on any atom is 0.0595 e. The average molecular weight is 290 g/mol. The molecule has 0 heterocycles. The second-order valence-electron chi connectivity index (χ2n) is 4.28. The zero-order valence-corrected chi connectivity index (χ0v) is 12.5. The Labute approximate surface area is 120 Å². The molecule has 0 aliphatic rings. The second-order valence-corrected chi connectivity index (χ2v) is 5.09. The summed E-state index contributed by atoms with van der Waals surface area (Å²) in [6.07, 6.45) is 3.12. The van der Waals surface area contributed by atoms with Crippen LogP contribution in [-0.4, -0.2) is 26.3 Å². The second kappa shape index (κ2) is 8.76. The molecule has 0 aromatic heterocycles. The van der Waals surface area contributed by atoms with Gasteiger partial charge < -0.3 is 10.1 Å². The quantitative estimate of drug-likeness (QED) is 0.732. The highest BCUT2D eigenvalue weighted by Crippen LogP contribution is 2.23. The van der Waals surface area contributed by atoms with E-state index in [1.165, 1.54) is 5.56 Å². The van der Waals surface area contributed by atoms with E-state index in [0.717, 1.165) is 32.5 Å². The van der Waals surface area contributed by atoms with Gasteiger partial charge in [-0.25, -0.2) is 0 Å². The number of hydrogen-bond donors (Lipinski definition) is 1. The van der Waals surface area contributed by atoms with Crippen LogP contribution in [0, 0.1) is 0 Å². The van der Waals surface area contributed by atoms with Gasteiger partial charge in [0.25, 0.3) is 0 Å². The van der Waals surface area contributed by atoms with E-state index < -0.39 is 0 Å². The molecule has 0 radical (unpaired) electrons. The van der Waals surface area contributed by atoms with Crippen molar-refractivity contribution in [2.75, 3.05) is 20.3 Å². The first-order valence-electron chi connectivity index (χ1n) is 6.36. The van der Waals surface area contributed by atoms with Crippen LogP contribution in [-0.2, 0) is 11.2 Å². The van der Waals surface area contributed by atoms with Gasteiger partial charge in [0.2, 0.25) is 0 Å². The van der Waals surface area contributed by atoms with E-state index >= 15 is 0 Å². The normalized spacial score (nSPS) is 12.7. The molecule has 4 heteroatoms. The van der Waals surface area contributed by atoms with Crippen LogP contribution in [0.3, 0.4) is 0 Å². The number of benzene rings is 1. The van der Waals surface area contributed by atoms with E-state index in [-0.39, 0.29) is 0 Å². The van der Waals surface area contributed by atoms with E-state index in [1.54, 1.807) is 0 Å². The van der Waals surface area contributed by atoms with Crippen molar-refractivity contribution in [1.29, 1.82) is 0 Å². The molecule has 1 atom stereocenters. The maximum absolute atomic E-state index is 6.01. The van der Waals surface area contributed by atoms with Gasteiger partial charge in [0.15, 0.2) is 0 Å². The van der Waals surface area contributed by atoms with Crippen molar-refractivity contribution in [2.45, 2.75) is 32.2 Å². The van der Waals surface area contributed by atoms with Crippen molar-refractivity contribution >= 4 is 23.2 Å². The van der Waals surface area contributed by atoms with Crippen LogP contribution >= 0.6 is 23.2 Å². The predicted molar refractivity (Wildman–Crippen MR) is 78.7 cm³/mol. The zero-order valence-electron chi connectivity index (χ0n) is 11.0. The molecule has 1 aromatic carbocycles. The third-order valence-electron chi connectivity index (χ3n) is 2.92. The van der Waals surface area contributed by atoms with Gasteiger partial charge in [0, 0.05) is 19.3 Å². The minimum atomic E-state index is 0.447. The minimum absolute atomic E-state index is 0.447. The molecule has 0 bridgehead atoms. The van der Waals surface area contributed by atoms with Crippen molar-refractivity contribution in [3.8, 4) is 0 Å². The van der Waals surface area contributed by atoms with Gasteiger partial charge in [-0.2, -0.15) is 0 Å². The predicted octanol–water partition coefficient (Wildman–Crippen LogP) is 3.94. The maximum atomic E-state index is 6.01. The van der Waals surface area contributed by atoms with Gasteiger partial charge in [-0.05, 0) is 50.9 Å². The molecule has 0 fully saturated rings. The summed E-state index contributed by atoms with van der Waals surface area (Å²) in [7, 11) is 1.99. The van der Waals surface area contributed by atoms with E-state index in [0.29, 0.717) is 16.1 Å². The van der Waals surface area contributed by atoms with Gasteiger partial charge in [0.1, 0.15) is 0 Å². The third kappa shape index (κ3) is 5.57. The number of halogens is 2. The number of likely N-dealkylation sites (N-methyl/N-ethyl adjacent to an activating group) is 1. The van der Waals surface area contributed by atoms with E-state index in [2.05, 4.69) is 5.32 Å². The molecule has 1 unspecified atom stereocenters. The Bertz CT molecular complexity index is 358. The van der Waals surface area contributed by atoms with E-state index in [1.807, 2.05) is 32.2 Å². The molecule has 18 heavy (non-hydrogen) atoms. The highest BCUT2D eigenvalue weighted by molar-refractivity contribution is 6.42. The average Bonchev–Trinajstić information content (AvgIpc) is 2.37. The Morgan fingerprint density at radius 3 is 2.67 bits per heavy atom. The fraction of sp³-hybridized carbons (Fsp3) is 0.571. The molecular weight excluding hydrogens is 269 g/mol. The lowest BCUT2D eigenvalue weighted by molar-refractivity contribution is 0.141. The summed E-state index contributed by atoms with van der Waals surface area (Å²) in [5.74, 6) is 0. The highest BCUT2D eigenvalue weighted by atomic mass is 35.5. The summed E-state index contributed by atoms with van der Waals surface area (Å²) < 4.78 is 5.35.